The van der Waals surface area contributed by atoms with Crippen LogP contribution in [0, 0.1) is 0 Å². The normalized spacial score (nSPS) is 11.6. The average molecular weight is 633 g/mol. The van der Waals surface area contributed by atoms with Gasteiger partial charge in [0.1, 0.15) is 0 Å². The molecule has 50 heavy (non-hydrogen) atoms. The number of fused-ring (bicyclic) bond motifs is 6. The molecule has 0 nitrogen and oxygen atoms in total. The van der Waals surface area contributed by atoms with Gasteiger partial charge in [-0.3, -0.25) is 0 Å². The molecule has 0 bridgehead atoms. The van der Waals surface area contributed by atoms with Crippen molar-refractivity contribution in [3.8, 4) is 44.5 Å². The van der Waals surface area contributed by atoms with Gasteiger partial charge in [-0.05, 0) is 123 Å². The van der Waals surface area contributed by atoms with Gasteiger partial charge in [0.05, 0.1) is 0 Å². The average Bonchev–Trinajstić information content (AvgIpc) is 3.19. The van der Waals surface area contributed by atoms with Crippen LogP contribution in [0.1, 0.15) is 0 Å². The van der Waals surface area contributed by atoms with E-state index in [-0.39, 0.29) is 0 Å². The van der Waals surface area contributed by atoms with Gasteiger partial charge in [-0.25, -0.2) is 0 Å². The second-order valence-corrected chi connectivity index (χ2v) is 13.3. The lowest BCUT2D eigenvalue weighted by Gasteiger charge is -2.19. The molecule has 0 aromatic heterocycles. The second-order valence-electron chi connectivity index (χ2n) is 13.3. The third-order valence-corrected chi connectivity index (χ3v) is 10.4. The summed E-state index contributed by atoms with van der Waals surface area (Å²) < 4.78 is 0. The van der Waals surface area contributed by atoms with E-state index in [9.17, 15) is 0 Å². The molecule has 10 aromatic carbocycles. The minimum Gasteiger partial charge on any atom is -0.0622 e. The molecule has 0 saturated carbocycles. The third-order valence-electron chi connectivity index (χ3n) is 10.4. The van der Waals surface area contributed by atoms with Crippen molar-refractivity contribution in [3.63, 3.8) is 0 Å². The molecule has 0 aliphatic carbocycles. The number of benzene rings is 10. The fraction of sp³-hybridized carbons (Fsp3) is 0. The van der Waals surface area contributed by atoms with Crippen molar-refractivity contribution < 1.29 is 0 Å². The maximum absolute atomic E-state index is 2.37. The summed E-state index contributed by atoms with van der Waals surface area (Å²) in [6.45, 7) is 0. The predicted octanol–water partition coefficient (Wildman–Crippen LogP) is 14.1. The van der Waals surface area contributed by atoms with E-state index in [1.165, 1.54) is 98.4 Å². The van der Waals surface area contributed by atoms with Crippen LogP contribution >= 0.6 is 0 Å². The molecule has 10 rings (SSSR count). The summed E-state index contributed by atoms with van der Waals surface area (Å²) in [6, 6.07) is 71.3. The van der Waals surface area contributed by atoms with Crippen molar-refractivity contribution >= 4 is 53.9 Å². The highest BCUT2D eigenvalue weighted by molar-refractivity contribution is 6.25. The van der Waals surface area contributed by atoms with Gasteiger partial charge in [0.15, 0.2) is 0 Å². The van der Waals surface area contributed by atoms with E-state index in [0.717, 1.165) is 0 Å². The van der Waals surface area contributed by atoms with Crippen LogP contribution in [-0.2, 0) is 0 Å². The first kappa shape index (κ1) is 28.5. The molecule has 0 spiro atoms. The molecule has 0 unspecified atom stereocenters. The van der Waals surface area contributed by atoms with Crippen LogP contribution in [0.2, 0.25) is 0 Å². The Bertz CT molecular complexity index is 2860. The monoisotopic (exact) mass is 632 g/mol. The van der Waals surface area contributed by atoms with E-state index in [1.54, 1.807) is 0 Å². The van der Waals surface area contributed by atoms with Crippen molar-refractivity contribution in [2.75, 3.05) is 0 Å². The van der Waals surface area contributed by atoms with Gasteiger partial charge < -0.3 is 0 Å². The molecule has 10 aromatic rings. The summed E-state index contributed by atoms with van der Waals surface area (Å²) in [4.78, 5) is 0. The van der Waals surface area contributed by atoms with E-state index in [2.05, 4.69) is 194 Å². The van der Waals surface area contributed by atoms with Crippen LogP contribution in [0.5, 0.6) is 0 Å². The van der Waals surface area contributed by atoms with Gasteiger partial charge in [0, 0.05) is 0 Å². The van der Waals surface area contributed by atoms with E-state index in [1.807, 2.05) is 0 Å². The standard InChI is InChI=1S/C50H32/c1-2-13-33(14-3-1)34-17-10-18-36(29-34)37-19-11-20-40(31-37)49-44-21-6-8-23-46(44)50(47-24-9-7-22-45(47)49)43-26-12-25-41-42(43)28-27-39-30-35-15-4-5-16-38(35)32-48(39)41/h1-32H. The minimum absolute atomic E-state index is 1.21. The van der Waals surface area contributed by atoms with E-state index >= 15 is 0 Å². The maximum Gasteiger partial charge on any atom is -0.00201 e. The predicted molar refractivity (Wildman–Crippen MR) is 216 cm³/mol. The highest BCUT2D eigenvalue weighted by atomic mass is 14.2. The molecule has 0 heterocycles. The molecular weight excluding hydrogens is 601 g/mol. The van der Waals surface area contributed by atoms with E-state index < -0.39 is 0 Å². The zero-order valence-electron chi connectivity index (χ0n) is 27.5. The lowest BCUT2D eigenvalue weighted by molar-refractivity contribution is 1.58. The van der Waals surface area contributed by atoms with E-state index in [4.69, 9.17) is 0 Å². The van der Waals surface area contributed by atoms with Crippen LogP contribution in [0.25, 0.3) is 98.4 Å². The fourth-order valence-corrected chi connectivity index (χ4v) is 8.09. The molecule has 232 valence electrons. The van der Waals surface area contributed by atoms with Crippen LogP contribution in [0.15, 0.2) is 194 Å². The Morgan fingerprint density at radius 2 is 0.680 bits per heavy atom. The first-order valence-electron chi connectivity index (χ1n) is 17.3. The molecule has 0 aliphatic heterocycles. The van der Waals surface area contributed by atoms with Crippen LogP contribution in [0.4, 0.5) is 0 Å². The fourth-order valence-electron chi connectivity index (χ4n) is 8.09. The maximum atomic E-state index is 2.37. The van der Waals surface area contributed by atoms with Crippen molar-refractivity contribution in [2.24, 2.45) is 0 Å². The molecule has 0 fully saturated rings. The van der Waals surface area contributed by atoms with Crippen LogP contribution in [0.3, 0.4) is 0 Å². The molecule has 0 aliphatic rings. The van der Waals surface area contributed by atoms with E-state index in [0.29, 0.717) is 0 Å². The summed E-state index contributed by atoms with van der Waals surface area (Å²) in [5.74, 6) is 0. The lowest BCUT2D eigenvalue weighted by atomic mass is 9.84. The Morgan fingerprint density at radius 3 is 1.36 bits per heavy atom. The molecule has 0 atom stereocenters. The molecule has 0 N–H and O–H groups in total. The largest absolute Gasteiger partial charge is 0.0622 e. The minimum atomic E-state index is 1.21. The summed E-state index contributed by atoms with van der Waals surface area (Å²) in [5, 5.41) is 12.7. The zero-order valence-corrected chi connectivity index (χ0v) is 27.5. The topological polar surface area (TPSA) is 0 Å². The number of hydrogen-bond acceptors (Lipinski definition) is 0. The first-order valence-corrected chi connectivity index (χ1v) is 17.3. The Balaban J connectivity index is 1.20. The SMILES string of the molecule is c1ccc(-c2cccc(-c3cccc(-c4c5ccccc5c(-c5cccc6c5ccc5cc7ccccc7cc56)c5ccccc45)c3)c2)cc1. The molecule has 0 saturated heterocycles. The quantitative estimate of drug-likeness (QED) is 0.134. The highest BCUT2D eigenvalue weighted by Crippen LogP contribution is 2.46. The number of hydrogen-bond donors (Lipinski definition) is 0. The van der Waals surface area contributed by atoms with Crippen molar-refractivity contribution in [2.45, 2.75) is 0 Å². The van der Waals surface area contributed by atoms with Crippen molar-refractivity contribution in [1.29, 1.82) is 0 Å². The zero-order chi connectivity index (χ0) is 33.0. The third kappa shape index (κ3) is 4.61. The Kier molecular flexibility index (Phi) is 6.60. The number of rotatable bonds is 4. The van der Waals surface area contributed by atoms with Crippen molar-refractivity contribution in [1.82, 2.24) is 0 Å². The summed E-state index contributed by atoms with van der Waals surface area (Å²) in [5.41, 5.74) is 9.94. The Hall–Kier alpha value is -6.50. The smallest absolute Gasteiger partial charge is 0.00201 e. The summed E-state index contributed by atoms with van der Waals surface area (Å²) in [7, 11) is 0. The van der Waals surface area contributed by atoms with Gasteiger partial charge in [0.2, 0.25) is 0 Å². The van der Waals surface area contributed by atoms with Gasteiger partial charge in [-0.15, -0.1) is 0 Å². The molecule has 0 radical (unpaired) electrons. The lowest BCUT2D eigenvalue weighted by Crippen LogP contribution is -1.92. The summed E-state index contributed by atoms with van der Waals surface area (Å²) >= 11 is 0. The van der Waals surface area contributed by atoms with Crippen molar-refractivity contribution in [3.05, 3.63) is 194 Å². The molecule has 0 amide bonds. The Labute approximate surface area is 291 Å². The summed E-state index contributed by atoms with van der Waals surface area (Å²) in [6.07, 6.45) is 0. The Morgan fingerprint density at radius 1 is 0.200 bits per heavy atom. The van der Waals surface area contributed by atoms with Gasteiger partial charge in [-0.2, -0.15) is 0 Å². The van der Waals surface area contributed by atoms with Gasteiger partial charge in [-0.1, -0.05) is 170 Å². The second kappa shape index (κ2) is 11.6. The van der Waals surface area contributed by atoms with Gasteiger partial charge in [0.25, 0.3) is 0 Å². The molecule has 0 heteroatoms. The van der Waals surface area contributed by atoms with Crippen LogP contribution in [-0.4, -0.2) is 0 Å². The molecular formula is C50H32. The highest BCUT2D eigenvalue weighted by Gasteiger charge is 2.19. The van der Waals surface area contributed by atoms with Crippen LogP contribution < -0.4 is 0 Å². The van der Waals surface area contributed by atoms with Gasteiger partial charge >= 0.3 is 0 Å². The first-order chi connectivity index (χ1) is 24.8.